The van der Waals surface area contributed by atoms with Crippen LogP contribution in [0.15, 0.2) is 59.2 Å². The molecule has 0 aliphatic rings. The molecule has 102 valence electrons. The molecule has 2 aromatic heterocycles. The van der Waals surface area contributed by atoms with Gasteiger partial charge >= 0.3 is 0 Å². The number of aromatic nitrogens is 4. The van der Waals surface area contributed by atoms with Crippen LogP contribution in [0, 0.1) is 5.82 Å². The highest BCUT2D eigenvalue weighted by Crippen LogP contribution is 2.25. The highest BCUT2D eigenvalue weighted by molar-refractivity contribution is 9.10. The van der Waals surface area contributed by atoms with Crippen LogP contribution in [0.5, 0.6) is 0 Å². The van der Waals surface area contributed by atoms with E-state index in [0.29, 0.717) is 0 Å². The third-order valence-corrected chi connectivity index (χ3v) is 4.01. The summed E-state index contributed by atoms with van der Waals surface area (Å²) in [6, 6.07) is 14.2. The first-order valence-corrected chi connectivity index (χ1v) is 7.14. The van der Waals surface area contributed by atoms with Crippen LogP contribution in [0.4, 0.5) is 4.39 Å². The predicted molar refractivity (Wildman–Crippen MR) is 79.7 cm³/mol. The number of benzene rings is 2. The van der Waals surface area contributed by atoms with Gasteiger partial charge in [0.2, 0.25) is 0 Å². The van der Waals surface area contributed by atoms with Crippen molar-refractivity contribution in [3.05, 3.63) is 65.0 Å². The Balaban J connectivity index is 2.11. The monoisotopic (exact) mass is 343 g/mol. The van der Waals surface area contributed by atoms with Gasteiger partial charge in [0, 0.05) is 5.39 Å². The Kier molecular flexibility index (Phi) is 2.71. The fourth-order valence-electron chi connectivity index (χ4n) is 2.41. The fourth-order valence-corrected chi connectivity index (χ4v) is 2.95. The van der Waals surface area contributed by atoms with E-state index >= 15 is 0 Å². The van der Waals surface area contributed by atoms with Crippen LogP contribution in [0.2, 0.25) is 0 Å². The molecule has 0 aliphatic heterocycles. The van der Waals surface area contributed by atoms with Gasteiger partial charge in [0.25, 0.3) is 5.65 Å². The number of rotatable bonds is 1. The van der Waals surface area contributed by atoms with E-state index in [0.717, 1.165) is 26.6 Å². The van der Waals surface area contributed by atoms with Crippen molar-refractivity contribution >= 4 is 32.3 Å². The maximum Gasteiger partial charge on any atom is 0.300 e. The van der Waals surface area contributed by atoms with Gasteiger partial charge in [0.1, 0.15) is 22.9 Å². The standard InChI is InChI=1S/C15H9BrFN4/c16-14-9-20-15(13-4-2-1-3-12(13)14)21(19-18-20)11-7-5-10(17)6-8-11/h1-9H/q+1. The molecule has 0 unspecified atom stereocenters. The first-order chi connectivity index (χ1) is 10.2. The van der Waals surface area contributed by atoms with E-state index in [9.17, 15) is 4.39 Å². The molecule has 0 amide bonds. The van der Waals surface area contributed by atoms with E-state index in [1.54, 1.807) is 21.3 Å². The lowest BCUT2D eigenvalue weighted by molar-refractivity contribution is -0.581. The molecule has 2 heterocycles. The van der Waals surface area contributed by atoms with E-state index < -0.39 is 0 Å². The lowest BCUT2D eigenvalue weighted by Gasteiger charge is -2.00. The first-order valence-electron chi connectivity index (χ1n) is 6.34. The van der Waals surface area contributed by atoms with Crippen LogP contribution < -0.4 is 4.52 Å². The molecule has 0 N–H and O–H groups in total. The molecule has 0 bridgehead atoms. The molecule has 0 radical (unpaired) electrons. The van der Waals surface area contributed by atoms with Gasteiger partial charge < -0.3 is 0 Å². The van der Waals surface area contributed by atoms with Crippen LogP contribution in [0.25, 0.3) is 22.1 Å². The summed E-state index contributed by atoms with van der Waals surface area (Å²) in [6.07, 6.45) is 1.87. The van der Waals surface area contributed by atoms with Crippen molar-refractivity contribution in [3.63, 3.8) is 0 Å². The van der Waals surface area contributed by atoms with Gasteiger partial charge in [-0.15, -0.1) is 4.52 Å². The largest absolute Gasteiger partial charge is 0.300 e. The molecule has 4 nitrogen and oxygen atoms in total. The van der Waals surface area contributed by atoms with Crippen molar-refractivity contribution in [2.45, 2.75) is 0 Å². The average Bonchev–Trinajstić information content (AvgIpc) is 2.92. The second kappa shape index (κ2) is 4.60. The Morgan fingerprint density at radius 3 is 2.48 bits per heavy atom. The van der Waals surface area contributed by atoms with E-state index in [4.69, 9.17) is 0 Å². The minimum Gasteiger partial charge on any atom is -0.207 e. The van der Waals surface area contributed by atoms with Crippen LogP contribution >= 0.6 is 15.9 Å². The second-order valence-corrected chi connectivity index (χ2v) is 5.51. The average molecular weight is 344 g/mol. The molecule has 0 saturated heterocycles. The van der Waals surface area contributed by atoms with E-state index in [2.05, 4.69) is 26.4 Å². The molecule has 2 aromatic carbocycles. The number of hydrogen-bond donors (Lipinski definition) is 0. The zero-order chi connectivity index (χ0) is 14.4. The van der Waals surface area contributed by atoms with Crippen LogP contribution in [-0.4, -0.2) is 15.1 Å². The SMILES string of the molecule is Fc1ccc(-n2nn[n+]3cc(Br)c4ccccc4c23)cc1. The third-order valence-electron chi connectivity index (χ3n) is 3.38. The van der Waals surface area contributed by atoms with Gasteiger partial charge in [-0.05, 0) is 50.9 Å². The van der Waals surface area contributed by atoms with E-state index in [1.807, 2.05) is 30.5 Å². The van der Waals surface area contributed by atoms with Crippen LogP contribution in [-0.2, 0) is 0 Å². The number of pyridine rings is 1. The number of halogens is 2. The van der Waals surface area contributed by atoms with Crippen molar-refractivity contribution in [2.75, 3.05) is 0 Å². The summed E-state index contributed by atoms with van der Waals surface area (Å²) in [7, 11) is 0. The topological polar surface area (TPSA) is 34.8 Å². The summed E-state index contributed by atoms with van der Waals surface area (Å²) < 4.78 is 17.4. The summed E-state index contributed by atoms with van der Waals surface area (Å²) in [5, 5.41) is 10.4. The number of tetrazole rings is 1. The number of hydrogen-bond acceptors (Lipinski definition) is 2. The van der Waals surface area contributed by atoms with Crippen molar-refractivity contribution in [2.24, 2.45) is 0 Å². The Bertz CT molecular complexity index is 963. The summed E-state index contributed by atoms with van der Waals surface area (Å²) in [5.74, 6) is -0.275. The minimum atomic E-state index is -0.275. The highest BCUT2D eigenvalue weighted by Gasteiger charge is 2.20. The molecular formula is C15H9BrFN4+. The summed E-state index contributed by atoms with van der Waals surface area (Å²) in [6.45, 7) is 0. The van der Waals surface area contributed by atoms with Gasteiger partial charge in [0.05, 0.1) is 9.86 Å². The predicted octanol–water partition coefficient (Wildman–Crippen LogP) is 3.06. The smallest absolute Gasteiger partial charge is 0.207 e. The lowest BCUT2D eigenvalue weighted by atomic mass is 10.2. The summed E-state index contributed by atoms with van der Waals surface area (Å²) in [5.41, 5.74) is 1.60. The zero-order valence-electron chi connectivity index (χ0n) is 10.7. The van der Waals surface area contributed by atoms with Gasteiger partial charge in [-0.2, -0.15) is 0 Å². The maximum atomic E-state index is 13.1. The summed E-state index contributed by atoms with van der Waals surface area (Å²) in [4.78, 5) is 0. The van der Waals surface area contributed by atoms with Gasteiger partial charge in [-0.1, -0.05) is 18.2 Å². The Morgan fingerprint density at radius 2 is 1.71 bits per heavy atom. The van der Waals surface area contributed by atoms with Crippen molar-refractivity contribution in [3.8, 4) is 5.69 Å². The third kappa shape index (κ3) is 1.91. The quantitative estimate of drug-likeness (QED) is 0.498. The molecule has 21 heavy (non-hydrogen) atoms. The van der Waals surface area contributed by atoms with Gasteiger partial charge in [-0.25, -0.2) is 4.39 Å². The van der Waals surface area contributed by atoms with Gasteiger partial charge in [0.15, 0.2) is 5.21 Å². The lowest BCUT2D eigenvalue weighted by Crippen LogP contribution is -2.23. The summed E-state index contributed by atoms with van der Waals surface area (Å²) >= 11 is 3.55. The molecule has 4 aromatic rings. The molecule has 6 heteroatoms. The van der Waals surface area contributed by atoms with E-state index in [1.165, 1.54) is 12.1 Å². The highest BCUT2D eigenvalue weighted by atomic mass is 79.9. The number of nitrogens with zero attached hydrogens (tertiary/aromatic N) is 4. The molecule has 0 aliphatic carbocycles. The first kappa shape index (κ1) is 12.4. The minimum absolute atomic E-state index is 0.275. The zero-order valence-corrected chi connectivity index (χ0v) is 12.3. The van der Waals surface area contributed by atoms with Crippen LogP contribution in [0.3, 0.4) is 0 Å². The molecule has 0 fully saturated rings. The van der Waals surface area contributed by atoms with Gasteiger partial charge in [-0.3, -0.25) is 0 Å². The maximum absolute atomic E-state index is 13.1. The number of fused-ring (bicyclic) bond motifs is 3. The van der Waals surface area contributed by atoms with Crippen molar-refractivity contribution in [1.29, 1.82) is 0 Å². The fraction of sp³-hybridized carbons (Fsp3) is 0. The Hall–Kier alpha value is -2.34. The normalized spacial score (nSPS) is 11.3. The Morgan fingerprint density at radius 1 is 1.00 bits per heavy atom. The molecular weight excluding hydrogens is 335 g/mol. The molecule has 0 spiro atoms. The van der Waals surface area contributed by atoms with Crippen LogP contribution in [0.1, 0.15) is 0 Å². The second-order valence-electron chi connectivity index (χ2n) is 4.66. The Labute approximate surface area is 127 Å². The van der Waals surface area contributed by atoms with E-state index in [-0.39, 0.29) is 5.82 Å². The molecule has 0 saturated carbocycles. The van der Waals surface area contributed by atoms with Crippen molar-refractivity contribution in [1.82, 2.24) is 15.1 Å². The molecule has 4 rings (SSSR count). The van der Waals surface area contributed by atoms with Crippen molar-refractivity contribution < 1.29 is 8.91 Å². The molecule has 0 atom stereocenters.